The van der Waals surface area contributed by atoms with Crippen LogP contribution in [0.5, 0.6) is 5.75 Å². The van der Waals surface area contributed by atoms with Crippen molar-refractivity contribution in [2.75, 3.05) is 18.2 Å². The number of nitrogens with zero attached hydrogens (tertiary/aromatic N) is 3. The monoisotopic (exact) mass is 388 g/mol. The molecule has 0 bridgehead atoms. The van der Waals surface area contributed by atoms with Gasteiger partial charge in [-0.25, -0.2) is 0 Å². The van der Waals surface area contributed by atoms with E-state index in [1.54, 1.807) is 30.8 Å². The Morgan fingerprint density at radius 3 is 3.08 bits per heavy atom. The number of aromatic nitrogens is 3. The lowest BCUT2D eigenvalue weighted by Gasteiger charge is -2.10. The van der Waals surface area contributed by atoms with Gasteiger partial charge in [0.15, 0.2) is 5.58 Å². The highest BCUT2D eigenvalue weighted by Gasteiger charge is 2.14. The normalized spacial score (nSPS) is 11.2. The van der Waals surface area contributed by atoms with Gasteiger partial charge in [-0.2, -0.15) is 0 Å². The molecule has 7 nitrogen and oxygen atoms in total. The Bertz CT molecular complexity index is 1110. The van der Waals surface area contributed by atoms with Crippen molar-refractivity contribution >= 4 is 51.6 Å². The van der Waals surface area contributed by atoms with E-state index >= 15 is 0 Å². The van der Waals surface area contributed by atoms with Crippen LogP contribution in [0.3, 0.4) is 0 Å². The summed E-state index contributed by atoms with van der Waals surface area (Å²) < 4.78 is 12.5. The zero-order valence-corrected chi connectivity index (χ0v) is 15.2. The third-order valence-corrected chi connectivity index (χ3v) is 4.98. The van der Waals surface area contributed by atoms with E-state index in [9.17, 15) is 4.79 Å². The first-order valence-corrected chi connectivity index (χ1v) is 8.98. The van der Waals surface area contributed by atoms with Gasteiger partial charge >= 0.3 is 0 Å². The average Bonchev–Trinajstić information content (AvgIpc) is 3.22. The first kappa shape index (κ1) is 16.7. The number of fused-ring (bicyclic) bond motifs is 3. The Morgan fingerprint density at radius 1 is 1.35 bits per heavy atom. The van der Waals surface area contributed by atoms with Gasteiger partial charge in [-0.3, -0.25) is 9.20 Å². The summed E-state index contributed by atoms with van der Waals surface area (Å²) in [6.07, 6.45) is 3.24. The van der Waals surface area contributed by atoms with Crippen LogP contribution in [0.25, 0.3) is 16.6 Å². The second-order valence-corrected chi connectivity index (χ2v) is 6.79. The maximum Gasteiger partial charge on any atom is 0.234 e. The van der Waals surface area contributed by atoms with E-state index in [-0.39, 0.29) is 11.7 Å². The Labute approximate surface area is 157 Å². The fraction of sp³-hybridized carbons (Fsp3) is 0.118. The van der Waals surface area contributed by atoms with Crippen LogP contribution in [0.15, 0.2) is 52.4 Å². The minimum atomic E-state index is -0.199. The lowest BCUT2D eigenvalue weighted by molar-refractivity contribution is -0.113. The van der Waals surface area contributed by atoms with Crippen LogP contribution >= 0.6 is 23.4 Å². The van der Waals surface area contributed by atoms with Crippen molar-refractivity contribution in [3.8, 4) is 5.75 Å². The van der Waals surface area contributed by atoms with Gasteiger partial charge in [0.2, 0.25) is 5.91 Å². The highest BCUT2D eigenvalue weighted by atomic mass is 35.5. The summed E-state index contributed by atoms with van der Waals surface area (Å²) in [4.78, 5) is 12.3. The molecule has 4 rings (SSSR count). The van der Waals surface area contributed by atoms with Gasteiger partial charge in [-0.15, -0.1) is 10.2 Å². The standard InChI is InChI=1S/C17H13ClN4O3S/c1-24-14-3-2-10(18)6-11(14)20-16(23)8-26-17-13-7-15-12(4-5-25-15)22(13)9-19-21-17/h2-7,9H,8H2,1H3,(H,20,23). The zero-order valence-electron chi connectivity index (χ0n) is 13.6. The third-order valence-electron chi connectivity index (χ3n) is 3.77. The molecule has 0 spiro atoms. The minimum Gasteiger partial charge on any atom is -0.495 e. The van der Waals surface area contributed by atoms with E-state index in [1.165, 1.54) is 18.9 Å². The van der Waals surface area contributed by atoms with Crippen molar-refractivity contribution in [3.05, 3.63) is 47.9 Å². The number of thioether (sulfide) groups is 1. The highest BCUT2D eigenvalue weighted by molar-refractivity contribution is 8.00. The van der Waals surface area contributed by atoms with E-state index in [1.807, 2.05) is 16.5 Å². The quantitative estimate of drug-likeness (QED) is 0.523. The number of nitrogens with one attached hydrogen (secondary N) is 1. The fourth-order valence-electron chi connectivity index (χ4n) is 2.62. The summed E-state index contributed by atoms with van der Waals surface area (Å²) in [5, 5.41) is 12.1. The molecular formula is C17H13ClN4O3S. The zero-order chi connectivity index (χ0) is 18.1. The molecule has 0 fully saturated rings. The van der Waals surface area contributed by atoms with Crippen LogP contribution in [0.2, 0.25) is 5.02 Å². The molecule has 0 saturated carbocycles. The van der Waals surface area contributed by atoms with E-state index in [4.69, 9.17) is 20.8 Å². The second-order valence-electron chi connectivity index (χ2n) is 5.39. The molecule has 26 heavy (non-hydrogen) atoms. The molecule has 0 aliphatic rings. The number of furan rings is 1. The highest BCUT2D eigenvalue weighted by Crippen LogP contribution is 2.29. The van der Waals surface area contributed by atoms with Crippen molar-refractivity contribution in [1.82, 2.24) is 14.6 Å². The van der Waals surface area contributed by atoms with Gasteiger partial charge in [-0.05, 0) is 18.2 Å². The molecule has 0 atom stereocenters. The predicted molar refractivity (Wildman–Crippen MR) is 100 cm³/mol. The lowest BCUT2D eigenvalue weighted by atomic mass is 10.3. The molecule has 0 unspecified atom stereocenters. The average molecular weight is 389 g/mol. The number of anilines is 1. The van der Waals surface area contributed by atoms with Crippen LogP contribution in [0, 0.1) is 0 Å². The number of benzene rings is 1. The van der Waals surface area contributed by atoms with Crippen molar-refractivity contribution < 1.29 is 13.9 Å². The van der Waals surface area contributed by atoms with E-state index < -0.39 is 0 Å². The Kier molecular flexibility index (Phi) is 4.44. The topological polar surface area (TPSA) is 81.7 Å². The molecule has 0 aliphatic carbocycles. The largest absolute Gasteiger partial charge is 0.495 e. The van der Waals surface area contributed by atoms with Gasteiger partial charge < -0.3 is 14.5 Å². The van der Waals surface area contributed by atoms with E-state index in [0.29, 0.717) is 21.5 Å². The number of methoxy groups -OCH3 is 1. The Hall–Kier alpha value is -2.71. The summed E-state index contributed by atoms with van der Waals surface area (Å²) in [5.41, 5.74) is 3.02. The number of halogens is 1. The number of ether oxygens (including phenoxy) is 1. The molecule has 4 aromatic rings. The third kappa shape index (κ3) is 3.09. The van der Waals surface area contributed by atoms with Gasteiger partial charge in [-0.1, -0.05) is 23.4 Å². The van der Waals surface area contributed by atoms with Gasteiger partial charge in [0, 0.05) is 17.2 Å². The van der Waals surface area contributed by atoms with Crippen LogP contribution < -0.4 is 10.1 Å². The summed E-state index contributed by atoms with van der Waals surface area (Å²) >= 11 is 7.27. The SMILES string of the molecule is COc1ccc(Cl)cc1NC(=O)CSc1nncn2c1cc1occc12. The summed E-state index contributed by atoms with van der Waals surface area (Å²) in [5.74, 6) is 0.507. The summed E-state index contributed by atoms with van der Waals surface area (Å²) in [6, 6.07) is 8.78. The summed E-state index contributed by atoms with van der Waals surface area (Å²) in [7, 11) is 1.53. The predicted octanol–water partition coefficient (Wildman–Crippen LogP) is 3.87. The first-order chi connectivity index (χ1) is 12.7. The first-order valence-electron chi connectivity index (χ1n) is 7.62. The molecule has 0 radical (unpaired) electrons. The van der Waals surface area contributed by atoms with E-state index in [0.717, 1.165) is 16.6 Å². The smallest absolute Gasteiger partial charge is 0.234 e. The molecule has 3 heterocycles. The van der Waals surface area contributed by atoms with Crippen molar-refractivity contribution in [2.24, 2.45) is 0 Å². The van der Waals surface area contributed by atoms with Gasteiger partial charge in [0.25, 0.3) is 0 Å². The lowest BCUT2D eigenvalue weighted by Crippen LogP contribution is -2.15. The molecule has 1 N–H and O–H groups in total. The summed E-state index contributed by atoms with van der Waals surface area (Å²) in [6.45, 7) is 0. The van der Waals surface area contributed by atoms with Crippen molar-refractivity contribution in [2.45, 2.75) is 5.03 Å². The minimum absolute atomic E-state index is 0.163. The molecule has 1 aromatic carbocycles. The van der Waals surface area contributed by atoms with Crippen LogP contribution in [-0.4, -0.2) is 33.4 Å². The number of amides is 1. The number of rotatable bonds is 5. The Morgan fingerprint density at radius 2 is 2.23 bits per heavy atom. The van der Waals surface area contributed by atoms with Crippen molar-refractivity contribution in [3.63, 3.8) is 0 Å². The molecule has 0 saturated heterocycles. The van der Waals surface area contributed by atoms with Crippen molar-refractivity contribution in [1.29, 1.82) is 0 Å². The Balaban J connectivity index is 1.51. The second kappa shape index (κ2) is 6.89. The molecule has 3 aromatic heterocycles. The molecular weight excluding hydrogens is 376 g/mol. The number of hydrogen-bond donors (Lipinski definition) is 1. The molecule has 1 amide bonds. The molecule has 9 heteroatoms. The maximum absolute atomic E-state index is 12.3. The number of carbonyl (C=O) groups excluding carboxylic acids is 1. The number of hydrogen-bond acceptors (Lipinski definition) is 6. The maximum atomic E-state index is 12.3. The van der Waals surface area contributed by atoms with Gasteiger partial charge in [0.1, 0.15) is 17.1 Å². The molecule has 132 valence electrons. The van der Waals surface area contributed by atoms with Gasteiger partial charge in [0.05, 0.1) is 35.8 Å². The van der Waals surface area contributed by atoms with Crippen LogP contribution in [0.1, 0.15) is 0 Å². The van der Waals surface area contributed by atoms with Crippen LogP contribution in [0.4, 0.5) is 5.69 Å². The van der Waals surface area contributed by atoms with Crippen LogP contribution in [-0.2, 0) is 4.79 Å². The molecule has 0 aliphatic heterocycles. The fourth-order valence-corrected chi connectivity index (χ4v) is 3.54. The van der Waals surface area contributed by atoms with E-state index in [2.05, 4.69) is 15.5 Å². The number of carbonyl (C=O) groups is 1.